The number of nitrogens with two attached hydrogens (primary N) is 1. The summed E-state index contributed by atoms with van der Waals surface area (Å²) in [5.74, 6) is -0.729. The van der Waals surface area contributed by atoms with Crippen molar-refractivity contribution < 1.29 is 19.0 Å². The number of nitrogens with zero attached hydrogens (tertiary/aromatic N) is 2. The first kappa shape index (κ1) is 15.6. The molecular weight excluding hydrogens is 341 g/mol. The van der Waals surface area contributed by atoms with E-state index in [0.717, 1.165) is 0 Å². The van der Waals surface area contributed by atoms with E-state index in [-0.39, 0.29) is 24.3 Å². The summed E-state index contributed by atoms with van der Waals surface area (Å²) in [6.45, 7) is 3.29. The van der Waals surface area contributed by atoms with Crippen LogP contribution in [-0.4, -0.2) is 41.4 Å². The minimum Gasteiger partial charge on any atom is -0.487 e. The number of pyridine rings is 1. The number of piperidine rings is 1. The van der Waals surface area contributed by atoms with E-state index in [2.05, 4.69) is 0 Å². The SMILES string of the molecule is C[C@H]1COc2c(N3CC4C(N)C4C3)c(F)cc3cc(C(=O)O)c(=O)n1c23. The Morgan fingerprint density at radius 3 is 2.69 bits per heavy atom. The summed E-state index contributed by atoms with van der Waals surface area (Å²) in [7, 11) is 0. The standard InChI is InChI=1S/C18H18FN3O4/c1-7-6-26-16-14-8(2-9(18(24)25)17(23)22(7)14)3-12(19)15(16)21-4-10-11(5-21)13(10)20/h2-3,7,10-11,13H,4-6,20H2,1H3,(H,24,25)/t7-,10?,11?,13?/m0/s1. The zero-order valence-electron chi connectivity index (χ0n) is 14.1. The van der Waals surface area contributed by atoms with Crippen molar-refractivity contribution in [2.75, 3.05) is 24.6 Å². The van der Waals surface area contributed by atoms with Crippen molar-refractivity contribution >= 4 is 22.6 Å². The quantitative estimate of drug-likeness (QED) is 0.836. The third-order valence-electron chi connectivity index (χ3n) is 5.92. The van der Waals surface area contributed by atoms with Crippen LogP contribution >= 0.6 is 0 Å². The second kappa shape index (κ2) is 4.97. The monoisotopic (exact) mass is 359 g/mol. The molecule has 1 saturated heterocycles. The number of benzene rings is 1. The fourth-order valence-corrected chi connectivity index (χ4v) is 4.47. The van der Waals surface area contributed by atoms with Gasteiger partial charge in [0.2, 0.25) is 0 Å². The van der Waals surface area contributed by atoms with E-state index in [1.54, 1.807) is 6.92 Å². The number of carboxylic acids is 1. The van der Waals surface area contributed by atoms with E-state index >= 15 is 0 Å². The number of carboxylic acid groups (broad SMARTS) is 1. The maximum atomic E-state index is 15.0. The number of fused-ring (bicyclic) bond motifs is 1. The van der Waals surface area contributed by atoms with Gasteiger partial charge in [0.15, 0.2) is 11.6 Å². The third kappa shape index (κ3) is 1.90. The summed E-state index contributed by atoms with van der Waals surface area (Å²) in [6.07, 6.45) is 0. The fourth-order valence-electron chi connectivity index (χ4n) is 4.47. The molecule has 3 aliphatic rings. The van der Waals surface area contributed by atoms with E-state index in [4.69, 9.17) is 10.5 Å². The Morgan fingerprint density at radius 1 is 1.35 bits per heavy atom. The van der Waals surface area contributed by atoms with Gasteiger partial charge in [-0.05, 0) is 30.9 Å². The molecule has 26 heavy (non-hydrogen) atoms. The van der Waals surface area contributed by atoms with Crippen molar-refractivity contribution in [3.63, 3.8) is 0 Å². The molecule has 3 heterocycles. The molecule has 0 spiro atoms. The molecule has 0 amide bonds. The first-order chi connectivity index (χ1) is 12.4. The van der Waals surface area contributed by atoms with Gasteiger partial charge in [0, 0.05) is 24.5 Å². The summed E-state index contributed by atoms with van der Waals surface area (Å²) in [6, 6.07) is 2.37. The number of aromatic carboxylic acids is 1. The van der Waals surface area contributed by atoms with Crippen molar-refractivity contribution in [2.24, 2.45) is 17.6 Å². The highest BCUT2D eigenvalue weighted by molar-refractivity contribution is 5.97. The highest BCUT2D eigenvalue weighted by atomic mass is 19.1. The molecule has 3 N–H and O–H groups in total. The number of hydrogen-bond donors (Lipinski definition) is 2. The molecule has 2 fully saturated rings. The van der Waals surface area contributed by atoms with E-state index in [0.29, 0.717) is 47.3 Å². The molecule has 136 valence electrons. The van der Waals surface area contributed by atoms with E-state index in [9.17, 15) is 19.1 Å². The zero-order valence-corrected chi connectivity index (χ0v) is 14.1. The summed E-state index contributed by atoms with van der Waals surface area (Å²) < 4.78 is 22.2. The molecule has 0 bridgehead atoms. The molecule has 2 unspecified atom stereocenters. The molecule has 1 saturated carbocycles. The van der Waals surface area contributed by atoms with Gasteiger partial charge in [-0.1, -0.05) is 0 Å². The Kier molecular flexibility index (Phi) is 2.99. The molecule has 2 aromatic rings. The van der Waals surface area contributed by atoms with Crippen molar-refractivity contribution in [1.29, 1.82) is 0 Å². The smallest absolute Gasteiger partial charge is 0.341 e. The number of anilines is 1. The molecule has 3 atom stereocenters. The Balaban J connectivity index is 1.77. The van der Waals surface area contributed by atoms with Crippen molar-refractivity contribution in [1.82, 2.24) is 4.57 Å². The Hall–Kier alpha value is -2.61. The van der Waals surface area contributed by atoms with Gasteiger partial charge in [-0.25, -0.2) is 9.18 Å². The minimum absolute atomic E-state index is 0.182. The molecule has 1 aromatic heterocycles. The zero-order chi connectivity index (χ0) is 18.3. The van der Waals surface area contributed by atoms with E-state index in [1.165, 1.54) is 16.7 Å². The largest absolute Gasteiger partial charge is 0.487 e. The molecule has 0 radical (unpaired) electrons. The van der Waals surface area contributed by atoms with Crippen LogP contribution in [0.2, 0.25) is 0 Å². The topological polar surface area (TPSA) is 97.8 Å². The average molecular weight is 359 g/mol. The third-order valence-corrected chi connectivity index (χ3v) is 5.92. The predicted octanol–water partition coefficient (Wildman–Crippen LogP) is 1.19. The molecule has 8 heteroatoms. The normalized spacial score (nSPS) is 28.8. The summed E-state index contributed by atoms with van der Waals surface area (Å²) >= 11 is 0. The van der Waals surface area contributed by atoms with Gasteiger partial charge in [0.05, 0.1) is 11.6 Å². The molecule has 5 rings (SSSR count). The number of ether oxygens (including phenoxy) is 1. The molecule has 7 nitrogen and oxygen atoms in total. The minimum atomic E-state index is -1.32. The van der Waals surface area contributed by atoms with Gasteiger partial charge in [-0.15, -0.1) is 0 Å². The Bertz CT molecular complexity index is 1020. The van der Waals surface area contributed by atoms with Crippen molar-refractivity contribution in [3.8, 4) is 5.75 Å². The molecule has 2 aliphatic heterocycles. The van der Waals surface area contributed by atoms with Crippen LogP contribution in [0.3, 0.4) is 0 Å². The second-order valence-electron chi connectivity index (χ2n) is 7.48. The number of halogens is 1. The van der Waals surface area contributed by atoms with Crippen molar-refractivity contribution in [2.45, 2.75) is 19.0 Å². The summed E-state index contributed by atoms with van der Waals surface area (Å²) in [5.41, 5.74) is 5.83. The van der Waals surface area contributed by atoms with Crippen LogP contribution in [0.15, 0.2) is 16.9 Å². The maximum Gasteiger partial charge on any atom is 0.341 e. The number of rotatable bonds is 2. The summed E-state index contributed by atoms with van der Waals surface area (Å²) in [4.78, 5) is 26.0. The average Bonchev–Trinajstić information content (AvgIpc) is 3.01. The van der Waals surface area contributed by atoms with Crippen LogP contribution in [0.25, 0.3) is 10.9 Å². The van der Waals surface area contributed by atoms with Crippen LogP contribution in [0, 0.1) is 17.7 Å². The van der Waals surface area contributed by atoms with Crippen LogP contribution in [-0.2, 0) is 0 Å². The van der Waals surface area contributed by atoms with E-state index < -0.39 is 17.3 Å². The van der Waals surface area contributed by atoms with Crippen LogP contribution in [0.5, 0.6) is 5.75 Å². The predicted molar refractivity (Wildman–Crippen MR) is 92.5 cm³/mol. The first-order valence-electron chi connectivity index (χ1n) is 8.67. The van der Waals surface area contributed by atoms with Crippen molar-refractivity contribution in [3.05, 3.63) is 33.9 Å². The second-order valence-corrected chi connectivity index (χ2v) is 7.48. The lowest BCUT2D eigenvalue weighted by molar-refractivity contribution is 0.0694. The van der Waals surface area contributed by atoms with E-state index in [1.807, 2.05) is 4.90 Å². The molecular formula is C18H18FN3O4. The van der Waals surface area contributed by atoms with Gasteiger partial charge in [0.25, 0.3) is 5.56 Å². The van der Waals surface area contributed by atoms with Crippen LogP contribution in [0.1, 0.15) is 23.3 Å². The molecule has 1 aliphatic carbocycles. The molecule has 1 aromatic carbocycles. The van der Waals surface area contributed by atoms with Crippen LogP contribution < -0.4 is 20.9 Å². The number of hydrogen-bond acceptors (Lipinski definition) is 5. The number of aromatic nitrogens is 1. The number of carbonyl (C=O) groups is 1. The van der Waals surface area contributed by atoms with Gasteiger partial charge in [-0.3, -0.25) is 9.36 Å². The van der Waals surface area contributed by atoms with Crippen LogP contribution in [0.4, 0.5) is 10.1 Å². The summed E-state index contributed by atoms with van der Waals surface area (Å²) in [5, 5.41) is 9.67. The van der Waals surface area contributed by atoms with Gasteiger partial charge in [-0.2, -0.15) is 0 Å². The highest BCUT2D eigenvalue weighted by Gasteiger charge is 2.54. The first-order valence-corrected chi connectivity index (χ1v) is 8.67. The lowest BCUT2D eigenvalue weighted by Gasteiger charge is -2.31. The Morgan fingerprint density at radius 2 is 2.04 bits per heavy atom. The highest BCUT2D eigenvalue weighted by Crippen LogP contribution is 2.49. The fraction of sp³-hybridized carbons (Fsp3) is 0.444. The lowest BCUT2D eigenvalue weighted by atomic mass is 10.1. The lowest BCUT2D eigenvalue weighted by Crippen LogP contribution is -2.35. The maximum absolute atomic E-state index is 15.0. The van der Waals surface area contributed by atoms with Gasteiger partial charge >= 0.3 is 5.97 Å². The Labute approximate surface area is 147 Å². The van der Waals surface area contributed by atoms with Gasteiger partial charge in [0.1, 0.15) is 17.9 Å². The van der Waals surface area contributed by atoms with Gasteiger partial charge < -0.3 is 20.5 Å².